The molecule has 0 bridgehead atoms. The predicted octanol–water partition coefficient (Wildman–Crippen LogP) is 2.94. The number of non-ortho nitro benzene ring substituents is 1. The van der Waals surface area contributed by atoms with Gasteiger partial charge >= 0.3 is 5.91 Å². The summed E-state index contributed by atoms with van der Waals surface area (Å²) < 4.78 is 10.8. The van der Waals surface area contributed by atoms with E-state index in [-0.39, 0.29) is 11.4 Å². The Hall–Kier alpha value is -3.72. The van der Waals surface area contributed by atoms with Crippen LogP contribution in [0, 0.1) is 10.1 Å². The molecule has 148 valence electrons. The molecule has 29 heavy (non-hydrogen) atoms. The lowest BCUT2D eigenvalue weighted by molar-refractivity contribution is -0.384. The molecule has 2 aromatic carbocycles. The van der Waals surface area contributed by atoms with E-state index in [4.69, 9.17) is 9.15 Å². The molecule has 4 rings (SSSR count). The summed E-state index contributed by atoms with van der Waals surface area (Å²) in [4.78, 5) is 24.8. The SMILES string of the molecule is O=C(N/N=C\c1ccc(N2CCOCC2)cc1)c1cc2cc([N+](=O)[O-])ccc2o1. The van der Waals surface area contributed by atoms with E-state index in [1.165, 1.54) is 30.5 Å². The minimum absolute atomic E-state index is 0.0281. The molecule has 1 saturated heterocycles. The Balaban J connectivity index is 1.39. The van der Waals surface area contributed by atoms with Crippen molar-refractivity contribution >= 4 is 34.5 Å². The quantitative estimate of drug-likeness (QED) is 0.405. The number of nitrogens with one attached hydrogen (secondary N) is 1. The van der Waals surface area contributed by atoms with Gasteiger partial charge in [0, 0.05) is 36.3 Å². The average molecular weight is 394 g/mol. The highest BCUT2D eigenvalue weighted by Gasteiger charge is 2.14. The number of carbonyl (C=O) groups excluding carboxylic acids is 1. The number of hydrogen-bond acceptors (Lipinski definition) is 7. The number of rotatable bonds is 5. The second-order valence-electron chi connectivity index (χ2n) is 6.48. The van der Waals surface area contributed by atoms with Crippen LogP contribution < -0.4 is 10.3 Å². The third kappa shape index (κ3) is 4.25. The van der Waals surface area contributed by atoms with Crippen molar-refractivity contribution in [2.45, 2.75) is 0 Å². The van der Waals surface area contributed by atoms with Crippen molar-refractivity contribution in [1.82, 2.24) is 5.43 Å². The predicted molar refractivity (Wildman–Crippen MR) is 107 cm³/mol. The van der Waals surface area contributed by atoms with E-state index in [2.05, 4.69) is 15.4 Å². The van der Waals surface area contributed by atoms with Gasteiger partial charge in [0.15, 0.2) is 5.76 Å². The first-order chi connectivity index (χ1) is 14.1. The molecular formula is C20H18N4O5. The van der Waals surface area contributed by atoms with E-state index in [0.717, 1.165) is 37.6 Å². The van der Waals surface area contributed by atoms with Gasteiger partial charge in [-0.25, -0.2) is 5.43 Å². The first-order valence-electron chi connectivity index (χ1n) is 9.04. The number of nitro groups is 1. The molecule has 1 aromatic heterocycles. The van der Waals surface area contributed by atoms with Crippen LogP contribution in [-0.4, -0.2) is 43.3 Å². The Morgan fingerprint density at radius 2 is 1.90 bits per heavy atom. The number of fused-ring (bicyclic) bond motifs is 1. The first kappa shape index (κ1) is 18.6. The number of hydrogen-bond donors (Lipinski definition) is 1. The standard InChI is InChI=1S/C20H18N4O5/c25-20(19-12-15-11-17(24(26)27)5-6-18(15)29-19)22-21-13-14-1-3-16(4-2-14)23-7-9-28-10-8-23/h1-6,11-13H,7-10H2,(H,22,25)/b21-13-. The normalized spacial score (nSPS) is 14.4. The topological polar surface area (TPSA) is 110 Å². The van der Waals surface area contributed by atoms with Gasteiger partial charge in [-0.15, -0.1) is 0 Å². The summed E-state index contributed by atoms with van der Waals surface area (Å²) in [6.45, 7) is 3.18. The molecule has 1 amide bonds. The molecule has 0 saturated carbocycles. The van der Waals surface area contributed by atoms with E-state index < -0.39 is 10.8 Å². The summed E-state index contributed by atoms with van der Waals surface area (Å²) in [5, 5.41) is 15.3. The van der Waals surface area contributed by atoms with Gasteiger partial charge in [-0.3, -0.25) is 14.9 Å². The van der Waals surface area contributed by atoms with Gasteiger partial charge in [0.1, 0.15) is 5.58 Å². The largest absolute Gasteiger partial charge is 0.451 e. The van der Waals surface area contributed by atoms with Crippen LogP contribution in [0.1, 0.15) is 16.1 Å². The maximum absolute atomic E-state index is 12.2. The Kier molecular flexibility index (Phi) is 5.21. The van der Waals surface area contributed by atoms with E-state index in [1.54, 1.807) is 0 Å². The van der Waals surface area contributed by atoms with Crippen molar-refractivity contribution in [3.05, 3.63) is 70.0 Å². The fourth-order valence-electron chi connectivity index (χ4n) is 3.07. The van der Waals surface area contributed by atoms with Gasteiger partial charge in [-0.2, -0.15) is 5.10 Å². The molecule has 1 aliphatic rings. The number of nitrogens with zero attached hydrogens (tertiary/aromatic N) is 3. The highest BCUT2D eigenvalue weighted by molar-refractivity contribution is 5.97. The van der Waals surface area contributed by atoms with Crippen LogP contribution in [0.4, 0.5) is 11.4 Å². The minimum Gasteiger partial charge on any atom is -0.451 e. The van der Waals surface area contributed by atoms with E-state index in [9.17, 15) is 14.9 Å². The van der Waals surface area contributed by atoms with Crippen LogP contribution in [0.2, 0.25) is 0 Å². The highest BCUT2D eigenvalue weighted by Crippen LogP contribution is 2.24. The molecule has 1 N–H and O–H groups in total. The third-order valence-corrected chi connectivity index (χ3v) is 4.58. The number of benzene rings is 2. The summed E-state index contributed by atoms with van der Waals surface area (Å²) in [7, 11) is 0. The lowest BCUT2D eigenvalue weighted by Crippen LogP contribution is -2.36. The van der Waals surface area contributed by atoms with Crippen molar-refractivity contribution in [2.75, 3.05) is 31.2 Å². The number of carbonyl (C=O) groups is 1. The van der Waals surface area contributed by atoms with Gasteiger partial charge in [-0.1, -0.05) is 12.1 Å². The molecule has 0 atom stereocenters. The number of ether oxygens (including phenoxy) is 1. The Morgan fingerprint density at radius 1 is 1.14 bits per heavy atom. The lowest BCUT2D eigenvalue weighted by Gasteiger charge is -2.28. The molecule has 1 fully saturated rings. The number of morpholine rings is 1. The number of furan rings is 1. The van der Waals surface area contributed by atoms with Crippen LogP contribution >= 0.6 is 0 Å². The summed E-state index contributed by atoms with van der Waals surface area (Å²) in [6.07, 6.45) is 1.54. The minimum atomic E-state index is -0.537. The van der Waals surface area contributed by atoms with Gasteiger partial charge in [0.05, 0.1) is 24.4 Å². The van der Waals surface area contributed by atoms with Crippen molar-refractivity contribution in [2.24, 2.45) is 5.10 Å². The zero-order valence-corrected chi connectivity index (χ0v) is 15.4. The van der Waals surface area contributed by atoms with Gasteiger partial charge in [0.25, 0.3) is 5.69 Å². The van der Waals surface area contributed by atoms with Crippen molar-refractivity contribution in [3.63, 3.8) is 0 Å². The molecule has 1 aliphatic heterocycles. The van der Waals surface area contributed by atoms with E-state index >= 15 is 0 Å². The molecule has 0 aliphatic carbocycles. The molecule has 2 heterocycles. The van der Waals surface area contributed by atoms with Crippen LogP contribution in [0.5, 0.6) is 0 Å². The van der Waals surface area contributed by atoms with Crippen LogP contribution in [0.15, 0.2) is 58.0 Å². The summed E-state index contributed by atoms with van der Waals surface area (Å²) in [5.74, 6) is -0.509. The Morgan fingerprint density at radius 3 is 2.62 bits per heavy atom. The highest BCUT2D eigenvalue weighted by atomic mass is 16.6. The van der Waals surface area contributed by atoms with Crippen LogP contribution in [0.3, 0.4) is 0 Å². The second-order valence-corrected chi connectivity index (χ2v) is 6.48. The van der Waals surface area contributed by atoms with E-state index in [0.29, 0.717) is 11.0 Å². The molecule has 0 spiro atoms. The fourth-order valence-corrected chi connectivity index (χ4v) is 3.07. The molecule has 3 aromatic rings. The average Bonchev–Trinajstić information content (AvgIpc) is 3.18. The Bertz CT molecular complexity index is 1070. The van der Waals surface area contributed by atoms with Crippen LogP contribution in [-0.2, 0) is 4.74 Å². The van der Waals surface area contributed by atoms with Gasteiger partial charge in [0.2, 0.25) is 0 Å². The van der Waals surface area contributed by atoms with Crippen molar-refractivity contribution in [3.8, 4) is 0 Å². The first-order valence-corrected chi connectivity index (χ1v) is 9.04. The van der Waals surface area contributed by atoms with E-state index in [1.807, 2.05) is 24.3 Å². The number of amides is 1. The lowest BCUT2D eigenvalue weighted by atomic mass is 10.2. The molecule has 9 heteroatoms. The molecule has 0 unspecified atom stereocenters. The zero-order valence-electron chi connectivity index (χ0n) is 15.4. The summed E-state index contributed by atoms with van der Waals surface area (Å²) in [5.41, 5.74) is 4.68. The zero-order chi connectivity index (χ0) is 20.2. The second kappa shape index (κ2) is 8.11. The van der Waals surface area contributed by atoms with Gasteiger partial charge < -0.3 is 14.1 Å². The summed E-state index contributed by atoms with van der Waals surface area (Å²) >= 11 is 0. The smallest absolute Gasteiger partial charge is 0.307 e. The van der Waals surface area contributed by atoms with Crippen molar-refractivity contribution < 1.29 is 18.9 Å². The van der Waals surface area contributed by atoms with Gasteiger partial charge in [-0.05, 0) is 29.8 Å². The molecule has 0 radical (unpaired) electrons. The maximum Gasteiger partial charge on any atom is 0.307 e. The van der Waals surface area contributed by atoms with Crippen LogP contribution in [0.25, 0.3) is 11.0 Å². The number of anilines is 1. The maximum atomic E-state index is 12.2. The molecular weight excluding hydrogens is 376 g/mol. The van der Waals surface area contributed by atoms with Crippen molar-refractivity contribution in [1.29, 1.82) is 0 Å². The monoisotopic (exact) mass is 394 g/mol. The third-order valence-electron chi connectivity index (χ3n) is 4.58. The fraction of sp³-hybridized carbons (Fsp3) is 0.200. The number of nitro benzene ring substituents is 1. The Labute approximate surface area is 165 Å². The summed E-state index contributed by atoms with van der Waals surface area (Å²) in [6, 6.07) is 13.4. The molecule has 9 nitrogen and oxygen atoms in total. The number of hydrazone groups is 1.